The van der Waals surface area contributed by atoms with E-state index in [1.165, 1.54) is 0 Å². The van der Waals surface area contributed by atoms with Crippen LogP contribution in [-0.4, -0.2) is 60.1 Å². The molecule has 3 aromatic rings. The van der Waals surface area contributed by atoms with Crippen LogP contribution in [0.5, 0.6) is 5.75 Å². The minimum atomic E-state index is -4.61. The zero-order valence-corrected chi connectivity index (χ0v) is 23.5. The number of amides is 1. The summed E-state index contributed by atoms with van der Waals surface area (Å²) in [5, 5.41) is 5.93. The molecule has 11 heteroatoms. The number of carbonyl (C=O) groups excluding carboxylic acids is 1. The highest BCUT2D eigenvalue weighted by atomic mass is 19.4. The van der Waals surface area contributed by atoms with E-state index in [-0.39, 0.29) is 30.4 Å². The van der Waals surface area contributed by atoms with Crippen molar-refractivity contribution in [2.75, 3.05) is 42.8 Å². The van der Waals surface area contributed by atoms with Gasteiger partial charge in [-0.2, -0.15) is 13.2 Å². The van der Waals surface area contributed by atoms with Gasteiger partial charge in [0, 0.05) is 48.8 Å². The highest BCUT2D eigenvalue weighted by Crippen LogP contribution is 2.41. The molecule has 41 heavy (non-hydrogen) atoms. The van der Waals surface area contributed by atoms with Crippen molar-refractivity contribution in [1.82, 2.24) is 14.9 Å². The number of nitrogens with zero attached hydrogens (tertiary/aromatic N) is 4. The van der Waals surface area contributed by atoms with Gasteiger partial charge >= 0.3 is 6.18 Å². The van der Waals surface area contributed by atoms with E-state index in [1.807, 2.05) is 44.2 Å². The first-order chi connectivity index (χ1) is 19.5. The van der Waals surface area contributed by atoms with Crippen LogP contribution in [0.3, 0.4) is 0 Å². The number of fused-ring (bicyclic) bond motifs is 3. The van der Waals surface area contributed by atoms with Crippen molar-refractivity contribution in [2.45, 2.75) is 56.8 Å². The molecule has 4 heterocycles. The molecule has 8 nitrogen and oxygen atoms in total. The lowest BCUT2D eigenvalue weighted by molar-refractivity contribution is -0.138. The molecule has 0 saturated carbocycles. The van der Waals surface area contributed by atoms with Crippen molar-refractivity contribution in [3.05, 3.63) is 65.0 Å². The van der Waals surface area contributed by atoms with Crippen LogP contribution in [0.2, 0.25) is 0 Å². The molecule has 2 aromatic carbocycles. The fraction of sp³-hybridized carbons (Fsp3) is 0.433. The Hall–Kier alpha value is -3.86. The molecule has 2 N–H and O–H groups in total. The summed E-state index contributed by atoms with van der Waals surface area (Å²) >= 11 is 0. The first kappa shape index (κ1) is 27.3. The third kappa shape index (κ3) is 4.86. The second kappa shape index (κ2) is 9.90. The number of likely N-dealkylation sites (tertiary alicyclic amines) is 1. The molecule has 2 unspecified atom stereocenters. The van der Waals surface area contributed by atoms with Crippen molar-refractivity contribution in [1.29, 1.82) is 0 Å². The summed E-state index contributed by atoms with van der Waals surface area (Å²) in [7, 11) is 3.71. The zero-order valence-electron chi connectivity index (χ0n) is 23.5. The summed E-state index contributed by atoms with van der Waals surface area (Å²) in [5.74, 6) is 0.480. The van der Waals surface area contributed by atoms with Crippen LogP contribution in [0.4, 0.5) is 36.2 Å². The van der Waals surface area contributed by atoms with Gasteiger partial charge in [0.05, 0.1) is 29.5 Å². The molecule has 216 valence electrons. The van der Waals surface area contributed by atoms with Crippen molar-refractivity contribution in [2.24, 2.45) is 0 Å². The number of piperazine rings is 1. The van der Waals surface area contributed by atoms with Gasteiger partial charge in [-0.05, 0) is 69.5 Å². The quantitative estimate of drug-likeness (QED) is 0.409. The maximum atomic E-state index is 13.9. The van der Waals surface area contributed by atoms with E-state index in [2.05, 4.69) is 37.4 Å². The van der Waals surface area contributed by atoms with Gasteiger partial charge in [-0.25, -0.2) is 9.97 Å². The van der Waals surface area contributed by atoms with Gasteiger partial charge < -0.3 is 20.3 Å². The summed E-state index contributed by atoms with van der Waals surface area (Å²) in [6.07, 6.45) is -2.34. The SMILES string of the molecule is COc1cc(N2CC3CC2CN3C)ccc1Nc1ncc(C(F)(F)F)c(CCc2cccc3c2C(C)(C)C(=O)N3)n1. The van der Waals surface area contributed by atoms with E-state index in [0.29, 0.717) is 29.2 Å². The highest BCUT2D eigenvalue weighted by Gasteiger charge is 2.42. The Labute approximate surface area is 236 Å². The number of halogens is 3. The van der Waals surface area contributed by atoms with Gasteiger partial charge in [0.1, 0.15) is 5.75 Å². The predicted octanol–water partition coefficient (Wildman–Crippen LogP) is 5.16. The summed E-state index contributed by atoms with van der Waals surface area (Å²) < 4.78 is 47.5. The Kier molecular flexibility index (Phi) is 6.60. The number of ether oxygens (including phenoxy) is 1. The number of benzene rings is 2. The number of methoxy groups -OCH3 is 1. The van der Waals surface area contributed by atoms with Gasteiger partial charge in [-0.3, -0.25) is 9.69 Å². The lowest BCUT2D eigenvalue weighted by Crippen LogP contribution is -2.44. The molecule has 2 fully saturated rings. The van der Waals surface area contributed by atoms with Crippen LogP contribution in [0, 0.1) is 0 Å². The van der Waals surface area contributed by atoms with Crippen LogP contribution >= 0.6 is 0 Å². The van der Waals surface area contributed by atoms with Gasteiger partial charge in [-0.15, -0.1) is 0 Å². The van der Waals surface area contributed by atoms with Crippen LogP contribution in [-0.2, 0) is 29.2 Å². The fourth-order valence-corrected chi connectivity index (χ4v) is 6.46. The second-order valence-corrected chi connectivity index (χ2v) is 11.6. The number of alkyl halides is 3. The molecule has 0 aliphatic carbocycles. The molecular weight excluding hydrogens is 533 g/mol. The van der Waals surface area contributed by atoms with Crippen molar-refractivity contribution in [3.8, 4) is 5.75 Å². The lowest BCUT2D eigenvalue weighted by atomic mass is 9.82. The largest absolute Gasteiger partial charge is 0.494 e. The average Bonchev–Trinajstić information content (AvgIpc) is 3.57. The van der Waals surface area contributed by atoms with Crippen LogP contribution in [0.1, 0.15) is 42.7 Å². The number of hydrogen-bond donors (Lipinski definition) is 2. The minimum absolute atomic E-state index is 0.0226. The first-order valence-electron chi connectivity index (χ1n) is 13.7. The van der Waals surface area contributed by atoms with Gasteiger partial charge in [-0.1, -0.05) is 12.1 Å². The highest BCUT2D eigenvalue weighted by molar-refractivity contribution is 6.06. The average molecular weight is 567 g/mol. The van der Waals surface area contributed by atoms with E-state index in [1.54, 1.807) is 13.2 Å². The first-order valence-corrected chi connectivity index (χ1v) is 13.7. The smallest absolute Gasteiger partial charge is 0.419 e. The van der Waals surface area contributed by atoms with Crippen LogP contribution < -0.4 is 20.3 Å². The zero-order chi connectivity index (χ0) is 29.1. The van der Waals surface area contributed by atoms with Crippen LogP contribution in [0.25, 0.3) is 0 Å². The number of hydrogen-bond acceptors (Lipinski definition) is 7. The maximum absolute atomic E-state index is 13.9. The number of nitrogens with one attached hydrogen (secondary N) is 2. The van der Waals surface area contributed by atoms with Crippen molar-refractivity contribution >= 4 is 28.9 Å². The molecule has 1 aromatic heterocycles. The number of anilines is 4. The minimum Gasteiger partial charge on any atom is -0.494 e. The third-order valence-electron chi connectivity index (χ3n) is 8.67. The van der Waals surface area contributed by atoms with E-state index in [0.717, 1.165) is 42.5 Å². The standard InChI is InChI=1S/C30H33F3N6O2/c1-29(2)26-17(6-5-7-24(26)35-27(29)40)8-10-22-21(30(31,32)33)14-34-28(36-22)37-23-11-9-18(13-25(23)41-4)39-16-19-12-20(39)15-38(19)3/h5-7,9,11,13-14,19-20H,8,10,12,15-16H2,1-4H3,(H,35,40)(H,34,36,37). The number of aromatic nitrogens is 2. The summed E-state index contributed by atoms with van der Waals surface area (Å²) in [4.78, 5) is 25.5. The normalized spacial score (nSPS) is 21.2. The van der Waals surface area contributed by atoms with E-state index in [4.69, 9.17) is 4.74 Å². The van der Waals surface area contributed by atoms with Gasteiger partial charge in [0.2, 0.25) is 11.9 Å². The molecule has 0 radical (unpaired) electrons. The van der Waals surface area contributed by atoms with Crippen molar-refractivity contribution < 1.29 is 22.7 Å². The predicted molar refractivity (Wildman–Crippen MR) is 151 cm³/mol. The molecule has 3 aliphatic heterocycles. The number of aryl methyl sites for hydroxylation is 2. The van der Waals surface area contributed by atoms with E-state index in [9.17, 15) is 18.0 Å². The molecule has 6 rings (SSSR count). The Morgan fingerprint density at radius 3 is 2.63 bits per heavy atom. The third-order valence-corrected chi connectivity index (χ3v) is 8.67. The molecule has 2 saturated heterocycles. The summed E-state index contributed by atoms with van der Waals surface area (Å²) in [6, 6.07) is 12.3. The van der Waals surface area contributed by atoms with Gasteiger partial charge in [0.15, 0.2) is 0 Å². The Morgan fingerprint density at radius 2 is 1.95 bits per heavy atom. The van der Waals surface area contributed by atoms with E-state index >= 15 is 0 Å². The van der Waals surface area contributed by atoms with Crippen LogP contribution in [0.15, 0.2) is 42.6 Å². The summed E-state index contributed by atoms with van der Waals surface area (Å²) in [5.41, 5.74) is 2.17. The molecular formula is C30H33F3N6O2. The Bertz CT molecular complexity index is 1510. The Balaban J connectivity index is 1.25. The monoisotopic (exact) mass is 566 g/mol. The van der Waals surface area contributed by atoms with Gasteiger partial charge in [0.25, 0.3) is 0 Å². The molecule has 3 aliphatic rings. The number of likely N-dealkylation sites (N-methyl/N-ethyl adjacent to an activating group) is 1. The summed E-state index contributed by atoms with van der Waals surface area (Å²) in [6.45, 7) is 5.60. The maximum Gasteiger partial charge on any atom is 0.419 e. The topological polar surface area (TPSA) is 82.6 Å². The lowest BCUT2D eigenvalue weighted by Gasteiger charge is -2.34. The molecule has 2 atom stereocenters. The second-order valence-electron chi connectivity index (χ2n) is 11.6. The molecule has 0 spiro atoms. The number of carbonyl (C=O) groups is 1. The fourth-order valence-electron chi connectivity index (χ4n) is 6.46. The Morgan fingerprint density at radius 1 is 1.15 bits per heavy atom. The number of rotatable bonds is 7. The van der Waals surface area contributed by atoms with E-state index < -0.39 is 17.2 Å². The molecule has 1 amide bonds. The van der Waals surface area contributed by atoms with Crippen molar-refractivity contribution in [3.63, 3.8) is 0 Å². The molecule has 2 bridgehead atoms.